The van der Waals surface area contributed by atoms with Crippen molar-refractivity contribution >= 4 is 15.9 Å². The highest BCUT2D eigenvalue weighted by Crippen LogP contribution is 2.30. The van der Waals surface area contributed by atoms with E-state index in [0.29, 0.717) is 43.5 Å². The van der Waals surface area contributed by atoms with E-state index >= 15 is 0 Å². The standard InChI is InChI=1S/C12H18N2O5S/c1-17-10-3-4-12(18-2)11(9-10)13-20(15,16)14-5-7-19-8-6-14/h3-4,9,13H,5-8H2,1-2H3. The molecule has 8 heteroatoms. The average Bonchev–Trinajstić information content (AvgIpc) is 2.47. The van der Waals surface area contributed by atoms with Crippen molar-refractivity contribution in [3.05, 3.63) is 18.2 Å². The van der Waals surface area contributed by atoms with E-state index < -0.39 is 10.2 Å². The summed E-state index contributed by atoms with van der Waals surface area (Å²) in [6.45, 7) is 1.47. The topological polar surface area (TPSA) is 77.1 Å². The fraction of sp³-hybridized carbons (Fsp3) is 0.500. The Bertz CT molecular complexity index is 555. The van der Waals surface area contributed by atoms with Gasteiger partial charge < -0.3 is 14.2 Å². The van der Waals surface area contributed by atoms with Gasteiger partial charge >= 0.3 is 10.2 Å². The molecule has 2 rings (SSSR count). The predicted octanol–water partition coefficient (Wildman–Crippen LogP) is 0.693. The lowest BCUT2D eigenvalue weighted by Gasteiger charge is -2.26. The maximum absolute atomic E-state index is 12.3. The molecule has 7 nitrogen and oxygen atoms in total. The van der Waals surface area contributed by atoms with Gasteiger partial charge in [0.15, 0.2) is 0 Å². The van der Waals surface area contributed by atoms with Crippen molar-refractivity contribution in [1.82, 2.24) is 4.31 Å². The highest BCUT2D eigenvalue weighted by Gasteiger charge is 2.25. The first-order chi connectivity index (χ1) is 9.56. The number of nitrogens with zero attached hydrogens (tertiary/aromatic N) is 1. The summed E-state index contributed by atoms with van der Waals surface area (Å²) in [6.07, 6.45) is 0. The Morgan fingerprint density at radius 1 is 1.20 bits per heavy atom. The van der Waals surface area contributed by atoms with Crippen LogP contribution in [0.1, 0.15) is 0 Å². The Hall–Kier alpha value is -1.51. The van der Waals surface area contributed by atoms with Crippen LogP contribution in [0.4, 0.5) is 5.69 Å². The number of rotatable bonds is 5. The second kappa shape index (κ2) is 6.29. The number of nitrogens with one attached hydrogen (secondary N) is 1. The van der Waals surface area contributed by atoms with Crippen LogP contribution in [-0.2, 0) is 14.9 Å². The van der Waals surface area contributed by atoms with Crippen LogP contribution in [0.2, 0.25) is 0 Å². The minimum absolute atomic E-state index is 0.335. The number of anilines is 1. The summed E-state index contributed by atoms with van der Waals surface area (Å²) < 4.78 is 43.8. The Morgan fingerprint density at radius 2 is 1.90 bits per heavy atom. The minimum Gasteiger partial charge on any atom is -0.497 e. The minimum atomic E-state index is -3.63. The summed E-state index contributed by atoms with van der Waals surface area (Å²) in [4.78, 5) is 0. The zero-order valence-electron chi connectivity index (χ0n) is 11.5. The quantitative estimate of drug-likeness (QED) is 0.866. The molecule has 20 heavy (non-hydrogen) atoms. The van der Waals surface area contributed by atoms with Gasteiger partial charge in [0.25, 0.3) is 0 Å². The van der Waals surface area contributed by atoms with Crippen LogP contribution in [0.5, 0.6) is 11.5 Å². The van der Waals surface area contributed by atoms with E-state index in [2.05, 4.69) is 4.72 Å². The third-order valence-corrected chi connectivity index (χ3v) is 4.48. The molecule has 0 unspecified atom stereocenters. The van der Waals surface area contributed by atoms with E-state index in [4.69, 9.17) is 14.2 Å². The van der Waals surface area contributed by atoms with E-state index in [-0.39, 0.29) is 0 Å². The van der Waals surface area contributed by atoms with Crippen LogP contribution in [0.3, 0.4) is 0 Å². The van der Waals surface area contributed by atoms with Crippen LogP contribution in [-0.4, -0.2) is 53.2 Å². The molecule has 0 aromatic heterocycles. The molecule has 1 aromatic rings. The first kappa shape index (κ1) is 14.9. The van der Waals surface area contributed by atoms with Gasteiger partial charge in [-0.15, -0.1) is 0 Å². The van der Waals surface area contributed by atoms with Gasteiger partial charge in [0.1, 0.15) is 11.5 Å². The van der Waals surface area contributed by atoms with Crippen LogP contribution in [0.15, 0.2) is 18.2 Å². The van der Waals surface area contributed by atoms with Gasteiger partial charge in [-0.3, -0.25) is 4.72 Å². The van der Waals surface area contributed by atoms with Crippen molar-refractivity contribution in [3.8, 4) is 11.5 Å². The summed E-state index contributed by atoms with van der Waals surface area (Å²) in [7, 11) is -0.630. The molecule has 1 heterocycles. The number of ether oxygens (including phenoxy) is 3. The van der Waals surface area contributed by atoms with Crippen LogP contribution in [0, 0.1) is 0 Å². The molecule has 0 spiro atoms. The van der Waals surface area contributed by atoms with Crippen molar-refractivity contribution < 1.29 is 22.6 Å². The van der Waals surface area contributed by atoms with Gasteiger partial charge in [0.05, 0.1) is 33.1 Å². The van der Waals surface area contributed by atoms with E-state index in [9.17, 15) is 8.42 Å². The molecule has 1 aliphatic heterocycles. The number of hydrogen-bond acceptors (Lipinski definition) is 5. The normalized spacial score (nSPS) is 16.7. The third-order valence-electron chi connectivity index (χ3n) is 2.96. The van der Waals surface area contributed by atoms with Gasteiger partial charge in [-0.25, -0.2) is 0 Å². The maximum Gasteiger partial charge on any atom is 0.301 e. The highest BCUT2D eigenvalue weighted by molar-refractivity contribution is 7.90. The van der Waals surface area contributed by atoms with Gasteiger partial charge in [-0.1, -0.05) is 0 Å². The Balaban J connectivity index is 2.23. The molecule has 0 aliphatic carbocycles. The lowest BCUT2D eigenvalue weighted by Crippen LogP contribution is -2.43. The highest BCUT2D eigenvalue weighted by atomic mass is 32.2. The summed E-state index contributed by atoms with van der Waals surface area (Å²) >= 11 is 0. The third kappa shape index (κ3) is 3.33. The molecule has 0 atom stereocenters. The molecule has 1 fully saturated rings. The SMILES string of the molecule is COc1ccc(OC)c(NS(=O)(=O)N2CCOCC2)c1. The fourth-order valence-corrected chi connectivity index (χ4v) is 3.08. The largest absolute Gasteiger partial charge is 0.497 e. The van der Waals surface area contributed by atoms with Crippen molar-refractivity contribution in [2.45, 2.75) is 0 Å². The van der Waals surface area contributed by atoms with Crippen LogP contribution >= 0.6 is 0 Å². The Morgan fingerprint density at radius 3 is 2.50 bits per heavy atom. The molecule has 1 saturated heterocycles. The maximum atomic E-state index is 12.3. The van der Waals surface area contributed by atoms with Crippen LogP contribution in [0.25, 0.3) is 0 Å². The Labute approximate surface area is 118 Å². The molecule has 0 saturated carbocycles. The monoisotopic (exact) mass is 302 g/mol. The van der Waals surface area contributed by atoms with E-state index in [1.807, 2.05) is 0 Å². The summed E-state index contributed by atoms with van der Waals surface area (Å²) in [5, 5.41) is 0. The summed E-state index contributed by atoms with van der Waals surface area (Å²) in [6, 6.07) is 4.93. The molecule has 0 amide bonds. The van der Waals surface area contributed by atoms with Gasteiger partial charge in [0.2, 0.25) is 0 Å². The van der Waals surface area contributed by atoms with Crippen molar-refractivity contribution in [2.75, 3.05) is 45.2 Å². The average molecular weight is 302 g/mol. The smallest absolute Gasteiger partial charge is 0.301 e. The molecule has 0 radical (unpaired) electrons. The molecular formula is C12H18N2O5S. The number of methoxy groups -OCH3 is 2. The van der Waals surface area contributed by atoms with Crippen LogP contribution < -0.4 is 14.2 Å². The molecule has 1 N–H and O–H groups in total. The van der Waals surface area contributed by atoms with Crippen molar-refractivity contribution in [2.24, 2.45) is 0 Å². The summed E-state index contributed by atoms with van der Waals surface area (Å²) in [5.74, 6) is 0.980. The number of benzene rings is 1. The first-order valence-electron chi connectivity index (χ1n) is 6.14. The second-order valence-corrected chi connectivity index (χ2v) is 5.86. The first-order valence-corrected chi connectivity index (χ1v) is 7.58. The van der Waals surface area contributed by atoms with Gasteiger partial charge in [-0.2, -0.15) is 12.7 Å². The molecular weight excluding hydrogens is 284 g/mol. The number of morpholine rings is 1. The lowest BCUT2D eigenvalue weighted by molar-refractivity contribution is 0.0733. The summed E-state index contributed by atoms with van der Waals surface area (Å²) in [5.41, 5.74) is 0.346. The molecule has 112 valence electrons. The van der Waals surface area contributed by atoms with E-state index in [0.717, 1.165) is 0 Å². The van der Waals surface area contributed by atoms with Gasteiger partial charge in [0, 0.05) is 19.2 Å². The zero-order valence-corrected chi connectivity index (χ0v) is 12.3. The zero-order chi connectivity index (χ0) is 14.6. The molecule has 1 aromatic carbocycles. The molecule has 1 aliphatic rings. The van der Waals surface area contributed by atoms with E-state index in [1.54, 1.807) is 18.2 Å². The fourth-order valence-electron chi connectivity index (χ4n) is 1.88. The van der Waals surface area contributed by atoms with Gasteiger partial charge in [-0.05, 0) is 12.1 Å². The van der Waals surface area contributed by atoms with Crippen molar-refractivity contribution in [3.63, 3.8) is 0 Å². The van der Waals surface area contributed by atoms with Crippen molar-refractivity contribution in [1.29, 1.82) is 0 Å². The molecule has 0 bridgehead atoms. The van der Waals surface area contributed by atoms with E-state index in [1.165, 1.54) is 18.5 Å². The second-order valence-electron chi connectivity index (χ2n) is 4.18. The number of hydrogen-bond donors (Lipinski definition) is 1. The predicted molar refractivity (Wildman–Crippen MR) is 74.5 cm³/mol. The Kier molecular flexibility index (Phi) is 4.69. The lowest BCUT2D eigenvalue weighted by atomic mass is 10.3.